The van der Waals surface area contributed by atoms with Gasteiger partial charge in [0.15, 0.2) is 6.10 Å². The van der Waals surface area contributed by atoms with Crippen molar-refractivity contribution in [3.63, 3.8) is 0 Å². The van der Waals surface area contributed by atoms with Crippen LogP contribution in [0.25, 0.3) is 0 Å². The minimum Gasteiger partial charge on any atom is -0.453 e. The number of nitrogens with zero attached hydrogens (tertiary/aromatic N) is 1. The van der Waals surface area contributed by atoms with Crippen molar-refractivity contribution in [3.8, 4) is 6.07 Å². The van der Waals surface area contributed by atoms with Gasteiger partial charge in [-0.05, 0) is 17.5 Å². The molecule has 0 spiro atoms. The molecule has 1 heterocycles. The van der Waals surface area contributed by atoms with Gasteiger partial charge in [0.2, 0.25) is 6.29 Å². The summed E-state index contributed by atoms with van der Waals surface area (Å²) in [7, 11) is 0. The van der Waals surface area contributed by atoms with Gasteiger partial charge in [-0.2, -0.15) is 5.26 Å². The second-order valence-corrected chi connectivity index (χ2v) is 8.09. The van der Waals surface area contributed by atoms with Gasteiger partial charge in [-0.3, -0.25) is 9.59 Å². The number of carbonyl (C=O) groups is 2. The van der Waals surface area contributed by atoms with E-state index in [4.69, 9.17) is 23.7 Å². The van der Waals surface area contributed by atoms with E-state index in [1.165, 1.54) is 13.8 Å². The molecule has 0 amide bonds. The van der Waals surface area contributed by atoms with E-state index in [2.05, 4.69) is 6.07 Å². The SMILES string of the molecule is CC(=O)OC1O[C@](CCC#N)(COCc2ccccc2)[C@@H](OCc2ccccc2)[C@H]1OC(C)=O. The Hall–Kier alpha value is -3.25. The summed E-state index contributed by atoms with van der Waals surface area (Å²) < 4.78 is 29.3. The Morgan fingerprint density at radius 2 is 1.53 bits per heavy atom. The van der Waals surface area contributed by atoms with E-state index in [1.807, 2.05) is 60.7 Å². The maximum absolute atomic E-state index is 11.9. The summed E-state index contributed by atoms with van der Waals surface area (Å²) in [6, 6.07) is 21.2. The summed E-state index contributed by atoms with van der Waals surface area (Å²) in [4.78, 5) is 23.7. The molecule has 8 nitrogen and oxygen atoms in total. The summed E-state index contributed by atoms with van der Waals surface area (Å²) >= 11 is 0. The number of nitriles is 1. The summed E-state index contributed by atoms with van der Waals surface area (Å²) in [6.07, 6.45) is -2.69. The Balaban J connectivity index is 1.89. The fourth-order valence-corrected chi connectivity index (χ4v) is 3.95. The maximum atomic E-state index is 11.9. The number of esters is 2. The molecule has 0 bridgehead atoms. The first-order valence-corrected chi connectivity index (χ1v) is 11.1. The lowest BCUT2D eigenvalue weighted by atomic mass is 9.90. The van der Waals surface area contributed by atoms with Crippen molar-refractivity contribution in [2.24, 2.45) is 0 Å². The van der Waals surface area contributed by atoms with Crippen molar-refractivity contribution in [2.45, 2.75) is 64.0 Å². The molecule has 1 unspecified atom stereocenters. The minimum absolute atomic E-state index is 0.0402. The first-order valence-electron chi connectivity index (χ1n) is 11.1. The summed E-state index contributed by atoms with van der Waals surface area (Å²) in [5, 5.41) is 9.30. The van der Waals surface area contributed by atoms with E-state index >= 15 is 0 Å². The Bertz CT molecular complexity index is 976. The molecule has 2 aromatic rings. The summed E-state index contributed by atoms with van der Waals surface area (Å²) in [6.45, 7) is 3.06. The van der Waals surface area contributed by atoms with Crippen molar-refractivity contribution < 1.29 is 33.3 Å². The molecule has 1 fully saturated rings. The van der Waals surface area contributed by atoms with Gasteiger partial charge in [-0.1, -0.05) is 60.7 Å². The van der Waals surface area contributed by atoms with Gasteiger partial charge in [-0.25, -0.2) is 0 Å². The van der Waals surface area contributed by atoms with Gasteiger partial charge in [0.1, 0.15) is 11.7 Å². The highest BCUT2D eigenvalue weighted by Crippen LogP contribution is 2.40. The summed E-state index contributed by atoms with van der Waals surface area (Å²) in [5.41, 5.74) is 0.685. The van der Waals surface area contributed by atoms with Crippen molar-refractivity contribution in [2.75, 3.05) is 6.61 Å². The van der Waals surface area contributed by atoms with Crippen molar-refractivity contribution >= 4 is 11.9 Å². The maximum Gasteiger partial charge on any atom is 0.305 e. The van der Waals surface area contributed by atoms with Crippen LogP contribution in [0.15, 0.2) is 60.7 Å². The van der Waals surface area contributed by atoms with Gasteiger partial charge < -0.3 is 23.7 Å². The number of hydrogen-bond acceptors (Lipinski definition) is 8. The average Bonchev–Trinajstić information content (AvgIpc) is 3.08. The van der Waals surface area contributed by atoms with Crippen molar-refractivity contribution in [3.05, 3.63) is 71.8 Å². The Morgan fingerprint density at radius 1 is 0.941 bits per heavy atom. The zero-order valence-electron chi connectivity index (χ0n) is 19.3. The highest BCUT2D eigenvalue weighted by Gasteiger charge is 2.59. The highest BCUT2D eigenvalue weighted by molar-refractivity contribution is 5.67. The molecule has 1 aliphatic heterocycles. The number of hydrogen-bond donors (Lipinski definition) is 0. The van der Waals surface area contributed by atoms with Gasteiger partial charge in [0.25, 0.3) is 0 Å². The molecule has 8 heteroatoms. The monoisotopic (exact) mass is 467 g/mol. The Labute approximate surface area is 199 Å². The van der Waals surface area contributed by atoms with Crippen molar-refractivity contribution in [1.29, 1.82) is 5.26 Å². The van der Waals surface area contributed by atoms with Crippen molar-refractivity contribution in [1.82, 2.24) is 0 Å². The molecular formula is C26H29NO7. The quantitative estimate of drug-likeness (QED) is 0.461. The van der Waals surface area contributed by atoms with E-state index in [1.54, 1.807) is 0 Å². The number of carbonyl (C=O) groups excluding carboxylic acids is 2. The largest absolute Gasteiger partial charge is 0.453 e. The zero-order chi connectivity index (χ0) is 24.4. The molecule has 2 aromatic carbocycles. The molecule has 1 aliphatic rings. The lowest BCUT2D eigenvalue weighted by molar-refractivity contribution is -0.213. The van der Waals surface area contributed by atoms with Crippen LogP contribution in [0.1, 0.15) is 37.8 Å². The molecule has 1 saturated heterocycles. The fourth-order valence-electron chi connectivity index (χ4n) is 3.95. The van der Waals surface area contributed by atoms with Crippen LogP contribution >= 0.6 is 0 Å². The van der Waals surface area contributed by atoms with Crippen LogP contribution in [0, 0.1) is 11.3 Å². The summed E-state index contributed by atoms with van der Waals surface area (Å²) in [5.74, 6) is -1.16. The normalized spacial score (nSPS) is 23.7. The lowest BCUT2D eigenvalue weighted by Gasteiger charge is -2.34. The predicted molar refractivity (Wildman–Crippen MR) is 121 cm³/mol. The van der Waals surface area contributed by atoms with E-state index in [0.29, 0.717) is 6.61 Å². The third-order valence-electron chi connectivity index (χ3n) is 5.41. The topological polar surface area (TPSA) is 104 Å². The van der Waals surface area contributed by atoms with Crippen LogP contribution in [0.3, 0.4) is 0 Å². The molecule has 0 radical (unpaired) electrons. The molecule has 0 N–H and O–H groups in total. The van der Waals surface area contributed by atoms with Crippen LogP contribution in [0.4, 0.5) is 0 Å². The third kappa shape index (κ3) is 6.87. The van der Waals surface area contributed by atoms with Crippen LogP contribution < -0.4 is 0 Å². The highest BCUT2D eigenvalue weighted by atomic mass is 16.8. The smallest absolute Gasteiger partial charge is 0.305 e. The number of rotatable bonds is 11. The van der Waals surface area contributed by atoms with Crippen LogP contribution in [-0.2, 0) is 46.5 Å². The molecule has 3 rings (SSSR count). The second-order valence-electron chi connectivity index (χ2n) is 8.09. The Morgan fingerprint density at radius 3 is 2.09 bits per heavy atom. The van der Waals surface area contributed by atoms with Gasteiger partial charge in [0, 0.05) is 20.3 Å². The average molecular weight is 468 g/mol. The molecule has 4 atom stereocenters. The molecule has 180 valence electrons. The predicted octanol–water partition coefficient (Wildman–Crippen LogP) is 3.68. The van der Waals surface area contributed by atoms with Crippen LogP contribution in [0.5, 0.6) is 0 Å². The van der Waals surface area contributed by atoms with Crippen LogP contribution in [0.2, 0.25) is 0 Å². The number of benzene rings is 2. The van der Waals surface area contributed by atoms with Gasteiger partial charge >= 0.3 is 11.9 Å². The first-order chi connectivity index (χ1) is 16.4. The third-order valence-corrected chi connectivity index (χ3v) is 5.41. The molecule has 0 aromatic heterocycles. The van der Waals surface area contributed by atoms with E-state index in [-0.39, 0.29) is 26.1 Å². The first kappa shape index (κ1) is 25.4. The van der Waals surface area contributed by atoms with Gasteiger partial charge in [0.05, 0.1) is 25.9 Å². The van der Waals surface area contributed by atoms with Crippen LogP contribution in [-0.4, -0.2) is 42.6 Å². The number of ether oxygens (including phenoxy) is 5. The second kappa shape index (κ2) is 12.3. The standard InChI is InChI=1S/C26H29NO7/c1-19(28)32-23-24(31-17-22-12-7-4-8-13-22)26(14-9-15-27,34-25(23)33-20(2)29)18-30-16-21-10-5-3-6-11-21/h3-8,10-13,23-25H,9,14,16-18H2,1-2H3/t23-,24+,25?,26-/m1/s1. The molecule has 0 aliphatic carbocycles. The van der Waals surface area contributed by atoms with E-state index in [0.717, 1.165) is 11.1 Å². The molecule has 0 saturated carbocycles. The minimum atomic E-state index is -1.19. The fraction of sp³-hybridized carbons (Fsp3) is 0.423. The molecule has 34 heavy (non-hydrogen) atoms. The van der Waals surface area contributed by atoms with E-state index in [9.17, 15) is 14.9 Å². The lowest BCUT2D eigenvalue weighted by Crippen LogP contribution is -2.49. The van der Waals surface area contributed by atoms with Gasteiger partial charge in [-0.15, -0.1) is 0 Å². The Kier molecular flexibility index (Phi) is 9.16. The molecular weight excluding hydrogens is 438 g/mol. The zero-order valence-corrected chi connectivity index (χ0v) is 19.3. The van der Waals surface area contributed by atoms with E-state index < -0.39 is 36.0 Å².